The average Bonchev–Trinajstić information content (AvgIpc) is 2.24. The fourth-order valence-electron chi connectivity index (χ4n) is 1.34. The Balaban J connectivity index is 2.40. The van der Waals surface area contributed by atoms with Gasteiger partial charge >= 0.3 is 0 Å². The summed E-state index contributed by atoms with van der Waals surface area (Å²) in [6.07, 6.45) is 0. The molecule has 0 aromatic heterocycles. The zero-order valence-corrected chi connectivity index (χ0v) is 10.0. The smallest absolute Gasteiger partial charge is 0.167 e. The van der Waals surface area contributed by atoms with Crippen LogP contribution in [-0.2, 0) is 0 Å². The molecule has 0 aliphatic heterocycles. The first-order valence-corrected chi connectivity index (χ1v) is 5.44. The van der Waals surface area contributed by atoms with E-state index in [-0.39, 0.29) is 11.6 Å². The molecule has 0 fully saturated rings. The number of methoxy groups -OCH3 is 1. The third kappa shape index (κ3) is 4.06. The molecule has 4 heteroatoms. The molecule has 2 N–H and O–H groups in total. The summed E-state index contributed by atoms with van der Waals surface area (Å²) in [5.41, 5.74) is 0.767. The van der Waals surface area contributed by atoms with Crippen LogP contribution in [-0.4, -0.2) is 26.2 Å². The van der Waals surface area contributed by atoms with E-state index in [0.717, 1.165) is 18.8 Å². The number of halogens is 1. The van der Waals surface area contributed by atoms with Gasteiger partial charge in [-0.2, -0.15) is 0 Å². The molecule has 0 saturated heterocycles. The molecule has 0 atom stereocenters. The summed E-state index contributed by atoms with van der Waals surface area (Å²) in [4.78, 5) is 0. The van der Waals surface area contributed by atoms with Crippen LogP contribution in [0, 0.1) is 5.82 Å². The number of benzene rings is 1. The van der Waals surface area contributed by atoms with Crippen molar-refractivity contribution >= 4 is 5.69 Å². The predicted octanol–water partition coefficient (Wildman–Crippen LogP) is 2.24. The maximum absolute atomic E-state index is 13.3. The Morgan fingerprint density at radius 3 is 2.62 bits per heavy atom. The summed E-state index contributed by atoms with van der Waals surface area (Å²) >= 11 is 0. The second-order valence-corrected chi connectivity index (χ2v) is 3.88. The molecule has 1 aromatic carbocycles. The van der Waals surface area contributed by atoms with E-state index in [9.17, 15) is 4.39 Å². The van der Waals surface area contributed by atoms with Crippen LogP contribution >= 0.6 is 0 Å². The minimum absolute atomic E-state index is 0.269. The van der Waals surface area contributed by atoms with Gasteiger partial charge < -0.3 is 15.4 Å². The van der Waals surface area contributed by atoms with Crippen molar-refractivity contribution in [2.24, 2.45) is 0 Å². The highest BCUT2D eigenvalue weighted by Gasteiger charge is 2.02. The fourth-order valence-corrected chi connectivity index (χ4v) is 1.34. The molecule has 0 saturated carbocycles. The molecule has 0 unspecified atom stereocenters. The van der Waals surface area contributed by atoms with E-state index in [1.807, 2.05) is 0 Å². The maximum Gasteiger partial charge on any atom is 0.167 e. The Morgan fingerprint density at radius 2 is 2.06 bits per heavy atom. The van der Waals surface area contributed by atoms with Crippen LogP contribution in [0.5, 0.6) is 5.75 Å². The third-order valence-electron chi connectivity index (χ3n) is 2.16. The van der Waals surface area contributed by atoms with Crippen LogP contribution in [0.15, 0.2) is 18.2 Å². The molecule has 0 radical (unpaired) electrons. The van der Waals surface area contributed by atoms with Gasteiger partial charge in [0, 0.05) is 30.9 Å². The Morgan fingerprint density at radius 1 is 1.31 bits per heavy atom. The molecular formula is C12H19FN2O. The number of nitrogens with one attached hydrogen (secondary N) is 2. The molecule has 0 bridgehead atoms. The average molecular weight is 226 g/mol. The first-order valence-electron chi connectivity index (χ1n) is 5.44. The highest BCUT2D eigenvalue weighted by molar-refractivity contribution is 5.47. The van der Waals surface area contributed by atoms with Crippen LogP contribution in [0.4, 0.5) is 10.1 Å². The van der Waals surface area contributed by atoms with Gasteiger partial charge in [0.15, 0.2) is 11.6 Å². The molecule has 0 amide bonds. The molecule has 0 spiro atoms. The molecule has 16 heavy (non-hydrogen) atoms. The molecule has 0 heterocycles. The van der Waals surface area contributed by atoms with E-state index in [1.165, 1.54) is 13.2 Å². The molecule has 3 nitrogen and oxygen atoms in total. The van der Waals surface area contributed by atoms with E-state index in [4.69, 9.17) is 4.74 Å². The summed E-state index contributed by atoms with van der Waals surface area (Å²) in [5, 5.41) is 6.41. The number of anilines is 1. The van der Waals surface area contributed by atoms with Gasteiger partial charge in [-0.3, -0.25) is 0 Å². The Labute approximate surface area is 96.0 Å². The number of hydrogen-bond donors (Lipinski definition) is 2. The van der Waals surface area contributed by atoms with Gasteiger partial charge in [0.2, 0.25) is 0 Å². The summed E-state index contributed by atoms with van der Waals surface area (Å²) in [6.45, 7) is 5.80. The van der Waals surface area contributed by atoms with Gasteiger partial charge in [0.05, 0.1) is 7.11 Å². The van der Waals surface area contributed by atoms with Crippen molar-refractivity contribution in [2.45, 2.75) is 19.9 Å². The second kappa shape index (κ2) is 6.33. The monoisotopic (exact) mass is 226 g/mol. The van der Waals surface area contributed by atoms with Crippen molar-refractivity contribution in [2.75, 3.05) is 25.5 Å². The van der Waals surface area contributed by atoms with Crippen molar-refractivity contribution in [3.05, 3.63) is 24.0 Å². The normalized spacial score (nSPS) is 10.6. The van der Waals surface area contributed by atoms with Crippen molar-refractivity contribution in [3.8, 4) is 5.75 Å². The number of ether oxygens (including phenoxy) is 1. The lowest BCUT2D eigenvalue weighted by Crippen LogP contribution is -2.28. The SMILES string of the molecule is COc1ccc(NCCNC(C)C)cc1F. The lowest BCUT2D eigenvalue weighted by Gasteiger charge is -2.10. The molecule has 0 aliphatic rings. The zero-order valence-electron chi connectivity index (χ0n) is 10.0. The number of rotatable bonds is 6. The van der Waals surface area contributed by atoms with Gasteiger partial charge in [-0.05, 0) is 12.1 Å². The van der Waals surface area contributed by atoms with Crippen LogP contribution in [0.2, 0.25) is 0 Å². The van der Waals surface area contributed by atoms with Gasteiger partial charge in [-0.15, -0.1) is 0 Å². The van der Waals surface area contributed by atoms with Crippen LogP contribution < -0.4 is 15.4 Å². The minimum Gasteiger partial charge on any atom is -0.494 e. The molecule has 90 valence electrons. The highest BCUT2D eigenvalue weighted by atomic mass is 19.1. The fraction of sp³-hybridized carbons (Fsp3) is 0.500. The summed E-state index contributed by atoms with van der Waals surface area (Å²) in [7, 11) is 1.46. The van der Waals surface area contributed by atoms with E-state index in [2.05, 4.69) is 24.5 Å². The molecule has 1 aromatic rings. The predicted molar refractivity (Wildman–Crippen MR) is 64.6 cm³/mol. The van der Waals surface area contributed by atoms with E-state index in [1.54, 1.807) is 12.1 Å². The van der Waals surface area contributed by atoms with E-state index < -0.39 is 0 Å². The van der Waals surface area contributed by atoms with Crippen molar-refractivity contribution in [1.29, 1.82) is 0 Å². The first kappa shape index (κ1) is 12.8. The molecule has 0 aliphatic carbocycles. The van der Waals surface area contributed by atoms with E-state index in [0.29, 0.717) is 6.04 Å². The topological polar surface area (TPSA) is 33.3 Å². The lowest BCUT2D eigenvalue weighted by atomic mass is 10.3. The zero-order chi connectivity index (χ0) is 12.0. The largest absolute Gasteiger partial charge is 0.494 e. The van der Waals surface area contributed by atoms with E-state index >= 15 is 0 Å². The Hall–Kier alpha value is -1.29. The first-order chi connectivity index (χ1) is 7.63. The quantitative estimate of drug-likeness (QED) is 0.730. The standard InChI is InChI=1S/C12H19FN2O/c1-9(2)14-6-7-15-10-4-5-12(16-3)11(13)8-10/h4-5,8-9,14-15H,6-7H2,1-3H3. The maximum atomic E-state index is 13.3. The third-order valence-corrected chi connectivity index (χ3v) is 2.16. The lowest BCUT2D eigenvalue weighted by molar-refractivity contribution is 0.386. The summed E-state index contributed by atoms with van der Waals surface area (Å²) < 4.78 is 18.1. The van der Waals surface area contributed by atoms with Crippen molar-refractivity contribution in [1.82, 2.24) is 5.32 Å². The Bertz CT molecular complexity index is 329. The highest BCUT2D eigenvalue weighted by Crippen LogP contribution is 2.20. The van der Waals surface area contributed by atoms with Crippen LogP contribution in [0.1, 0.15) is 13.8 Å². The minimum atomic E-state index is -0.343. The molecular weight excluding hydrogens is 207 g/mol. The van der Waals surface area contributed by atoms with Crippen molar-refractivity contribution < 1.29 is 9.13 Å². The summed E-state index contributed by atoms with van der Waals surface area (Å²) in [6, 6.07) is 5.33. The molecule has 1 rings (SSSR count). The van der Waals surface area contributed by atoms with Gasteiger partial charge in [0.1, 0.15) is 0 Å². The van der Waals surface area contributed by atoms with Crippen molar-refractivity contribution in [3.63, 3.8) is 0 Å². The van der Waals surface area contributed by atoms with Gasteiger partial charge in [-0.25, -0.2) is 4.39 Å². The Kier molecular flexibility index (Phi) is 5.05. The van der Waals surface area contributed by atoms with Gasteiger partial charge in [-0.1, -0.05) is 13.8 Å². The van der Waals surface area contributed by atoms with Gasteiger partial charge in [0.25, 0.3) is 0 Å². The van der Waals surface area contributed by atoms with Crippen LogP contribution in [0.25, 0.3) is 0 Å². The number of hydrogen-bond acceptors (Lipinski definition) is 3. The van der Waals surface area contributed by atoms with Crippen LogP contribution in [0.3, 0.4) is 0 Å². The summed E-state index contributed by atoms with van der Waals surface area (Å²) in [5.74, 6) is -0.0739. The second-order valence-electron chi connectivity index (χ2n) is 3.88.